The summed E-state index contributed by atoms with van der Waals surface area (Å²) in [5, 5.41) is 0. The van der Waals surface area contributed by atoms with E-state index in [0.29, 0.717) is 23.2 Å². The Balaban J connectivity index is 3.08. The Morgan fingerprint density at radius 1 is 1.20 bits per heavy atom. The van der Waals surface area contributed by atoms with E-state index in [0.717, 1.165) is 24.9 Å². The van der Waals surface area contributed by atoms with Gasteiger partial charge in [0.25, 0.3) is 5.91 Å². The summed E-state index contributed by atoms with van der Waals surface area (Å²) in [6.07, 6.45) is 1.96. The highest BCUT2D eigenvalue weighted by Crippen LogP contribution is 2.18. The second kappa shape index (κ2) is 7.32. The highest BCUT2D eigenvalue weighted by atomic mass is 16.2. The normalized spacial score (nSPS) is 11.2. The molecule has 0 aliphatic rings. The molecule has 0 spiro atoms. The molecule has 0 saturated carbocycles. The first kappa shape index (κ1) is 16.5. The first-order valence-corrected chi connectivity index (χ1v) is 7.57. The number of carbonyl (C=O) groups excluding carboxylic acids is 1. The van der Waals surface area contributed by atoms with Crippen LogP contribution in [0.5, 0.6) is 0 Å². The summed E-state index contributed by atoms with van der Waals surface area (Å²) in [5.74, 6) is 0.560. The van der Waals surface area contributed by atoms with E-state index < -0.39 is 0 Å². The van der Waals surface area contributed by atoms with Gasteiger partial charge in [-0.3, -0.25) is 4.79 Å². The Kier molecular flexibility index (Phi) is 6.05. The van der Waals surface area contributed by atoms with Gasteiger partial charge in [0.15, 0.2) is 0 Å². The van der Waals surface area contributed by atoms with E-state index in [1.54, 1.807) is 6.07 Å². The van der Waals surface area contributed by atoms with Gasteiger partial charge in [-0.25, -0.2) is 0 Å². The second-order valence-electron chi connectivity index (χ2n) is 5.95. The van der Waals surface area contributed by atoms with Crippen molar-refractivity contribution in [2.24, 2.45) is 5.92 Å². The number of rotatable bonds is 6. The number of nitrogen functional groups attached to an aromatic ring is 1. The molecule has 1 aromatic carbocycles. The predicted molar refractivity (Wildman–Crippen MR) is 85.8 cm³/mol. The van der Waals surface area contributed by atoms with Crippen LogP contribution < -0.4 is 5.73 Å². The summed E-state index contributed by atoms with van der Waals surface area (Å²) in [6.45, 7) is 11.3. The fourth-order valence-electron chi connectivity index (χ4n) is 2.62. The molecule has 0 saturated heterocycles. The Labute approximate surface area is 123 Å². The third-order valence-corrected chi connectivity index (χ3v) is 3.55. The standard InChI is InChI=1S/C17H28N2O/c1-6-16(7-2)19(11-12(3)4)17(20)14-8-13(5)9-15(18)10-14/h8-10,12,16H,6-7,11,18H2,1-5H3. The number of nitrogens with two attached hydrogens (primary N) is 1. The number of amides is 1. The van der Waals surface area contributed by atoms with Crippen molar-refractivity contribution in [2.75, 3.05) is 12.3 Å². The molecule has 0 aliphatic heterocycles. The summed E-state index contributed by atoms with van der Waals surface area (Å²) in [5.41, 5.74) is 8.26. The number of benzene rings is 1. The molecule has 0 fully saturated rings. The lowest BCUT2D eigenvalue weighted by Crippen LogP contribution is -2.42. The van der Waals surface area contributed by atoms with Gasteiger partial charge >= 0.3 is 0 Å². The van der Waals surface area contributed by atoms with Crippen LogP contribution in [-0.4, -0.2) is 23.4 Å². The maximum atomic E-state index is 12.8. The summed E-state index contributed by atoms with van der Waals surface area (Å²) < 4.78 is 0. The molecule has 0 unspecified atom stereocenters. The molecule has 0 aromatic heterocycles. The lowest BCUT2D eigenvalue weighted by molar-refractivity contribution is 0.0640. The van der Waals surface area contributed by atoms with Gasteiger partial charge in [-0.2, -0.15) is 0 Å². The third kappa shape index (κ3) is 4.26. The van der Waals surface area contributed by atoms with E-state index in [2.05, 4.69) is 27.7 Å². The lowest BCUT2D eigenvalue weighted by Gasteiger charge is -2.32. The van der Waals surface area contributed by atoms with Crippen LogP contribution in [0.4, 0.5) is 5.69 Å². The summed E-state index contributed by atoms with van der Waals surface area (Å²) in [4.78, 5) is 14.8. The van der Waals surface area contributed by atoms with Gasteiger partial charge in [-0.1, -0.05) is 27.7 Å². The largest absolute Gasteiger partial charge is 0.399 e. The minimum Gasteiger partial charge on any atom is -0.399 e. The molecule has 0 heterocycles. The number of aryl methyl sites for hydroxylation is 1. The third-order valence-electron chi connectivity index (χ3n) is 3.55. The van der Waals surface area contributed by atoms with Crippen LogP contribution in [0, 0.1) is 12.8 Å². The van der Waals surface area contributed by atoms with Crippen molar-refractivity contribution in [1.82, 2.24) is 4.90 Å². The Bertz CT molecular complexity index is 430. The average Bonchev–Trinajstić information content (AvgIpc) is 2.36. The van der Waals surface area contributed by atoms with Crippen molar-refractivity contribution in [1.29, 1.82) is 0 Å². The quantitative estimate of drug-likeness (QED) is 0.802. The minimum absolute atomic E-state index is 0.0998. The second-order valence-corrected chi connectivity index (χ2v) is 5.95. The molecule has 112 valence electrons. The number of carbonyl (C=O) groups is 1. The van der Waals surface area contributed by atoms with Gasteiger partial charge in [-0.05, 0) is 49.4 Å². The summed E-state index contributed by atoms with van der Waals surface area (Å²) in [7, 11) is 0. The van der Waals surface area contributed by atoms with Crippen molar-refractivity contribution in [2.45, 2.75) is 53.5 Å². The SMILES string of the molecule is CCC(CC)N(CC(C)C)C(=O)c1cc(C)cc(N)c1. The average molecular weight is 276 g/mol. The Morgan fingerprint density at radius 3 is 2.25 bits per heavy atom. The predicted octanol–water partition coefficient (Wildman–Crippen LogP) is 3.86. The monoisotopic (exact) mass is 276 g/mol. The summed E-state index contributed by atoms with van der Waals surface area (Å²) >= 11 is 0. The maximum absolute atomic E-state index is 12.8. The van der Waals surface area contributed by atoms with Gasteiger partial charge < -0.3 is 10.6 Å². The van der Waals surface area contributed by atoms with Gasteiger partial charge in [0, 0.05) is 23.8 Å². The van der Waals surface area contributed by atoms with E-state index in [-0.39, 0.29) is 5.91 Å². The molecule has 1 aromatic rings. The fraction of sp³-hybridized carbons (Fsp3) is 0.588. The first-order valence-electron chi connectivity index (χ1n) is 7.57. The molecule has 3 nitrogen and oxygen atoms in total. The zero-order valence-corrected chi connectivity index (χ0v) is 13.4. The van der Waals surface area contributed by atoms with Crippen molar-refractivity contribution < 1.29 is 4.79 Å². The number of hydrogen-bond donors (Lipinski definition) is 1. The number of anilines is 1. The zero-order chi connectivity index (χ0) is 15.3. The molecule has 1 rings (SSSR count). The Morgan fingerprint density at radius 2 is 1.80 bits per heavy atom. The van der Waals surface area contributed by atoms with Crippen LogP contribution in [0.15, 0.2) is 18.2 Å². The fourth-order valence-corrected chi connectivity index (χ4v) is 2.62. The van der Waals surface area contributed by atoms with Gasteiger partial charge in [0.05, 0.1) is 0 Å². The summed E-state index contributed by atoms with van der Waals surface area (Å²) in [6, 6.07) is 5.90. The van der Waals surface area contributed by atoms with Crippen molar-refractivity contribution in [3.8, 4) is 0 Å². The van der Waals surface area contributed by atoms with Gasteiger partial charge in [0.1, 0.15) is 0 Å². The molecular formula is C17H28N2O. The van der Waals surface area contributed by atoms with E-state index in [9.17, 15) is 4.79 Å². The molecule has 0 bridgehead atoms. The highest BCUT2D eigenvalue weighted by molar-refractivity contribution is 5.95. The van der Waals surface area contributed by atoms with E-state index >= 15 is 0 Å². The van der Waals surface area contributed by atoms with Crippen LogP contribution >= 0.6 is 0 Å². The van der Waals surface area contributed by atoms with Crippen LogP contribution in [0.2, 0.25) is 0 Å². The van der Waals surface area contributed by atoms with Crippen LogP contribution in [0.3, 0.4) is 0 Å². The molecule has 0 atom stereocenters. The first-order chi connectivity index (χ1) is 9.38. The number of hydrogen-bond acceptors (Lipinski definition) is 2. The van der Waals surface area contributed by atoms with Gasteiger partial charge in [0.2, 0.25) is 0 Å². The molecule has 1 amide bonds. The molecule has 0 aliphatic carbocycles. The van der Waals surface area contributed by atoms with Gasteiger partial charge in [-0.15, -0.1) is 0 Å². The zero-order valence-electron chi connectivity index (χ0n) is 13.4. The molecule has 20 heavy (non-hydrogen) atoms. The Hall–Kier alpha value is -1.51. The van der Waals surface area contributed by atoms with E-state index in [1.807, 2.05) is 24.0 Å². The van der Waals surface area contributed by atoms with E-state index in [1.165, 1.54) is 0 Å². The van der Waals surface area contributed by atoms with Crippen molar-refractivity contribution >= 4 is 11.6 Å². The topological polar surface area (TPSA) is 46.3 Å². The van der Waals surface area contributed by atoms with Crippen molar-refractivity contribution in [3.05, 3.63) is 29.3 Å². The molecule has 0 radical (unpaired) electrons. The van der Waals surface area contributed by atoms with Crippen molar-refractivity contribution in [3.63, 3.8) is 0 Å². The van der Waals surface area contributed by atoms with Crippen LogP contribution in [0.1, 0.15) is 56.5 Å². The smallest absolute Gasteiger partial charge is 0.254 e. The maximum Gasteiger partial charge on any atom is 0.254 e. The number of nitrogens with zero attached hydrogens (tertiary/aromatic N) is 1. The minimum atomic E-state index is 0.0998. The highest BCUT2D eigenvalue weighted by Gasteiger charge is 2.23. The van der Waals surface area contributed by atoms with Crippen LogP contribution in [0.25, 0.3) is 0 Å². The van der Waals surface area contributed by atoms with E-state index in [4.69, 9.17) is 5.73 Å². The van der Waals surface area contributed by atoms with Crippen LogP contribution in [-0.2, 0) is 0 Å². The molecule has 3 heteroatoms. The lowest BCUT2D eigenvalue weighted by atomic mass is 10.0. The molecule has 2 N–H and O–H groups in total. The molecular weight excluding hydrogens is 248 g/mol.